The van der Waals surface area contributed by atoms with E-state index in [2.05, 4.69) is 12.2 Å². The van der Waals surface area contributed by atoms with Gasteiger partial charge >= 0.3 is 0 Å². The van der Waals surface area contributed by atoms with Crippen molar-refractivity contribution in [2.75, 3.05) is 19.7 Å². The van der Waals surface area contributed by atoms with E-state index in [9.17, 15) is 9.50 Å². The minimum atomic E-state index is -0.620. The van der Waals surface area contributed by atoms with Crippen LogP contribution in [-0.2, 0) is 0 Å². The number of rotatable bonds is 10. The smallest absolute Gasteiger partial charge is 0.165 e. The Hall–Kier alpha value is -1.13. The van der Waals surface area contributed by atoms with E-state index in [1.807, 2.05) is 0 Å². The third-order valence-electron chi connectivity index (χ3n) is 2.85. The molecule has 2 N–H and O–H groups in total. The summed E-state index contributed by atoms with van der Waals surface area (Å²) in [4.78, 5) is 0. The molecular weight excluding hydrogens is 245 g/mol. The number of ether oxygens (including phenoxy) is 1. The van der Waals surface area contributed by atoms with Crippen LogP contribution in [0.3, 0.4) is 0 Å². The van der Waals surface area contributed by atoms with Gasteiger partial charge in [0.25, 0.3) is 0 Å². The summed E-state index contributed by atoms with van der Waals surface area (Å²) in [6, 6.07) is 6.21. The van der Waals surface area contributed by atoms with Gasteiger partial charge in [-0.25, -0.2) is 4.39 Å². The highest BCUT2D eigenvalue weighted by Gasteiger charge is 2.07. The second kappa shape index (κ2) is 9.75. The molecule has 0 spiro atoms. The Morgan fingerprint density at radius 2 is 2.05 bits per heavy atom. The lowest BCUT2D eigenvalue weighted by Crippen LogP contribution is -2.32. The van der Waals surface area contributed by atoms with Gasteiger partial charge in [-0.1, -0.05) is 38.3 Å². The Morgan fingerprint density at radius 3 is 2.79 bits per heavy atom. The molecule has 0 amide bonds. The minimum Gasteiger partial charge on any atom is -0.488 e. The van der Waals surface area contributed by atoms with Crippen LogP contribution in [0.25, 0.3) is 0 Å². The number of unbranched alkanes of at least 4 members (excludes halogenated alkanes) is 3. The molecule has 0 saturated carbocycles. The van der Waals surface area contributed by atoms with Gasteiger partial charge in [-0.3, -0.25) is 0 Å². The summed E-state index contributed by atoms with van der Waals surface area (Å²) >= 11 is 0. The molecule has 1 aromatic carbocycles. The van der Waals surface area contributed by atoms with Crippen LogP contribution in [0.4, 0.5) is 4.39 Å². The molecule has 108 valence electrons. The summed E-state index contributed by atoms with van der Waals surface area (Å²) in [5.74, 6) is -0.216. The third-order valence-corrected chi connectivity index (χ3v) is 2.85. The number of para-hydroxylation sites is 1. The van der Waals surface area contributed by atoms with Gasteiger partial charge in [0.05, 0.1) is 0 Å². The van der Waals surface area contributed by atoms with Gasteiger partial charge in [-0.15, -0.1) is 0 Å². The summed E-state index contributed by atoms with van der Waals surface area (Å²) in [5.41, 5.74) is 0. The van der Waals surface area contributed by atoms with Crippen LogP contribution in [0.1, 0.15) is 32.6 Å². The van der Waals surface area contributed by atoms with Crippen LogP contribution in [0.5, 0.6) is 5.75 Å². The maximum absolute atomic E-state index is 13.2. The average Bonchev–Trinajstić information content (AvgIpc) is 2.42. The minimum absolute atomic E-state index is 0.100. The van der Waals surface area contributed by atoms with Crippen LogP contribution in [0.15, 0.2) is 24.3 Å². The standard InChI is InChI=1S/C15H24FNO2/c1-2-3-4-7-10-17-11-13(18)12-19-15-9-6-5-8-14(15)16/h5-6,8-9,13,17-18H,2-4,7,10-12H2,1H3. The van der Waals surface area contributed by atoms with Crippen molar-refractivity contribution in [2.24, 2.45) is 0 Å². The fourth-order valence-electron chi connectivity index (χ4n) is 1.75. The van der Waals surface area contributed by atoms with E-state index in [1.165, 1.54) is 25.3 Å². The van der Waals surface area contributed by atoms with Crippen LogP contribution in [0.2, 0.25) is 0 Å². The van der Waals surface area contributed by atoms with Gasteiger partial charge in [0, 0.05) is 6.54 Å². The van der Waals surface area contributed by atoms with Crippen molar-refractivity contribution in [3.05, 3.63) is 30.1 Å². The van der Waals surface area contributed by atoms with Crippen molar-refractivity contribution in [1.29, 1.82) is 0 Å². The third kappa shape index (κ3) is 7.13. The van der Waals surface area contributed by atoms with Gasteiger partial charge in [0.2, 0.25) is 0 Å². The van der Waals surface area contributed by atoms with Gasteiger partial charge in [-0.05, 0) is 25.1 Å². The first-order valence-corrected chi connectivity index (χ1v) is 7.00. The molecule has 19 heavy (non-hydrogen) atoms. The van der Waals surface area contributed by atoms with Gasteiger partial charge < -0.3 is 15.2 Å². The van der Waals surface area contributed by atoms with Gasteiger partial charge in [0.1, 0.15) is 12.7 Å². The fourth-order valence-corrected chi connectivity index (χ4v) is 1.75. The van der Waals surface area contributed by atoms with E-state index < -0.39 is 11.9 Å². The van der Waals surface area contributed by atoms with Crippen molar-refractivity contribution in [1.82, 2.24) is 5.32 Å². The van der Waals surface area contributed by atoms with Crippen molar-refractivity contribution in [2.45, 2.75) is 38.7 Å². The summed E-state index contributed by atoms with van der Waals surface area (Å²) in [6.07, 6.45) is 4.19. The van der Waals surface area contributed by atoms with Crippen LogP contribution < -0.4 is 10.1 Å². The summed E-state index contributed by atoms with van der Waals surface area (Å²) < 4.78 is 18.5. The van der Waals surface area contributed by atoms with E-state index in [1.54, 1.807) is 18.2 Å². The molecule has 0 bridgehead atoms. The monoisotopic (exact) mass is 269 g/mol. The van der Waals surface area contributed by atoms with E-state index in [0.29, 0.717) is 6.54 Å². The second-order valence-corrected chi connectivity index (χ2v) is 4.66. The molecule has 1 unspecified atom stereocenters. The molecular formula is C15H24FNO2. The molecule has 0 fully saturated rings. The SMILES string of the molecule is CCCCCCNCC(O)COc1ccccc1F. The number of hydrogen-bond donors (Lipinski definition) is 2. The molecule has 0 radical (unpaired) electrons. The largest absolute Gasteiger partial charge is 0.488 e. The Bertz CT molecular complexity index is 347. The first kappa shape index (κ1) is 15.9. The Kier molecular flexibility index (Phi) is 8.18. The molecule has 0 heterocycles. The molecule has 0 aromatic heterocycles. The van der Waals surface area contributed by atoms with E-state index in [0.717, 1.165) is 13.0 Å². The lowest BCUT2D eigenvalue weighted by molar-refractivity contribution is 0.104. The Balaban J connectivity index is 2.08. The molecule has 0 aliphatic rings. The maximum Gasteiger partial charge on any atom is 0.165 e. The zero-order chi connectivity index (χ0) is 13.9. The highest BCUT2D eigenvalue weighted by Crippen LogP contribution is 2.15. The van der Waals surface area contributed by atoms with E-state index in [-0.39, 0.29) is 12.4 Å². The zero-order valence-electron chi connectivity index (χ0n) is 11.6. The number of nitrogens with one attached hydrogen (secondary N) is 1. The lowest BCUT2D eigenvalue weighted by atomic mass is 10.2. The quantitative estimate of drug-likeness (QED) is 0.642. The van der Waals surface area contributed by atoms with E-state index >= 15 is 0 Å². The van der Waals surface area contributed by atoms with Crippen LogP contribution in [-0.4, -0.2) is 30.9 Å². The van der Waals surface area contributed by atoms with Crippen molar-refractivity contribution < 1.29 is 14.2 Å². The number of aliphatic hydroxyl groups excluding tert-OH is 1. The predicted molar refractivity (Wildman–Crippen MR) is 74.9 cm³/mol. The zero-order valence-corrected chi connectivity index (χ0v) is 11.6. The highest BCUT2D eigenvalue weighted by molar-refractivity contribution is 5.23. The number of benzene rings is 1. The second-order valence-electron chi connectivity index (χ2n) is 4.66. The predicted octanol–water partition coefficient (Wildman–Crippen LogP) is 2.74. The average molecular weight is 269 g/mol. The molecule has 1 rings (SSSR count). The van der Waals surface area contributed by atoms with Gasteiger partial charge in [-0.2, -0.15) is 0 Å². The molecule has 4 heteroatoms. The highest BCUT2D eigenvalue weighted by atomic mass is 19.1. The first-order valence-electron chi connectivity index (χ1n) is 7.00. The van der Waals surface area contributed by atoms with Crippen molar-refractivity contribution >= 4 is 0 Å². The summed E-state index contributed by atoms with van der Waals surface area (Å²) in [7, 11) is 0. The molecule has 3 nitrogen and oxygen atoms in total. The molecule has 1 aromatic rings. The summed E-state index contributed by atoms with van der Waals surface area (Å²) in [5, 5.41) is 12.9. The molecule has 0 aliphatic heterocycles. The molecule has 0 aliphatic carbocycles. The molecule has 1 atom stereocenters. The van der Waals surface area contributed by atoms with Gasteiger partial charge in [0.15, 0.2) is 11.6 Å². The number of hydrogen-bond acceptors (Lipinski definition) is 3. The van der Waals surface area contributed by atoms with Crippen molar-refractivity contribution in [3.63, 3.8) is 0 Å². The fraction of sp³-hybridized carbons (Fsp3) is 0.600. The van der Waals surface area contributed by atoms with E-state index in [4.69, 9.17) is 4.74 Å². The van der Waals surface area contributed by atoms with Crippen LogP contribution >= 0.6 is 0 Å². The topological polar surface area (TPSA) is 41.5 Å². The molecule has 0 saturated heterocycles. The Morgan fingerprint density at radius 1 is 1.26 bits per heavy atom. The number of halogens is 1. The number of aliphatic hydroxyl groups is 1. The van der Waals surface area contributed by atoms with Crippen LogP contribution in [0, 0.1) is 5.82 Å². The maximum atomic E-state index is 13.2. The van der Waals surface area contributed by atoms with Crippen molar-refractivity contribution in [3.8, 4) is 5.75 Å². The normalized spacial score (nSPS) is 12.4. The Labute approximate surface area is 114 Å². The first-order chi connectivity index (χ1) is 9.24. The summed E-state index contributed by atoms with van der Waals surface area (Å²) in [6.45, 7) is 3.65. The lowest BCUT2D eigenvalue weighted by Gasteiger charge is -2.13.